The molecule has 0 aromatic heterocycles. The number of anilines is 1. The van der Waals surface area contributed by atoms with E-state index in [-0.39, 0.29) is 11.7 Å². The fourth-order valence-electron chi connectivity index (χ4n) is 2.42. The molecule has 0 spiro atoms. The maximum atomic E-state index is 12.2. The SMILES string of the molecule is O=C(/C=C/c1ccccc1)Nc1ccc(SCC(=O)c2ccc(Br)cc2)cc1. The fraction of sp³-hybridized carbons (Fsp3) is 0.0435. The molecule has 0 radical (unpaired) electrons. The summed E-state index contributed by atoms with van der Waals surface area (Å²) in [6, 6.07) is 24.5. The van der Waals surface area contributed by atoms with E-state index in [1.165, 1.54) is 17.8 Å². The van der Waals surface area contributed by atoms with Gasteiger partial charge in [0.2, 0.25) is 5.91 Å². The van der Waals surface area contributed by atoms with Crippen molar-refractivity contribution in [1.29, 1.82) is 0 Å². The highest BCUT2D eigenvalue weighted by atomic mass is 79.9. The molecule has 0 unspecified atom stereocenters. The van der Waals surface area contributed by atoms with Crippen LogP contribution in [0.5, 0.6) is 0 Å². The molecule has 0 heterocycles. The Hall–Kier alpha value is -2.63. The van der Waals surface area contributed by atoms with Gasteiger partial charge in [0.15, 0.2) is 5.78 Å². The first-order valence-corrected chi connectivity index (χ1v) is 10.4. The Morgan fingerprint density at radius 2 is 1.57 bits per heavy atom. The van der Waals surface area contributed by atoms with Crippen LogP contribution in [0.3, 0.4) is 0 Å². The second-order valence-electron chi connectivity index (χ2n) is 5.98. The maximum absolute atomic E-state index is 12.2. The van der Waals surface area contributed by atoms with Crippen molar-refractivity contribution in [3.05, 3.63) is 101 Å². The van der Waals surface area contributed by atoms with E-state index in [2.05, 4.69) is 21.2 Å². The maximum Gasteiger partial charge on any atom is 0.248 e. The van der Waals surface area contributed by atoms with Crippen molar-refractivity contribution in [2.75, 3.05) is 11.1 Å². The minimum Gasteiger partial charge on any atom is -0.323 e. The van der Waals surface area contributed by atoms with Crippen LogP contribution >= 0.6 is 27.7 Å². The fourth-order valence-corrected chi connectivity index (χ4v) is 3.48. The zero-order valence-electron chi connectivity index (χ0n) is 15.0. The van der Waals surface area contributed by atoms with Crippen LogP contribution in [0.1, 0.15) is 15.9 Å². The van der Waals surface area contributed by atoms with Crippen LogP contribution in [0.2, 0.25) is 0 Å². The van der Waals surface area contributed by atoms with E-state index in [1.54, 1.807) is 6.08 Å². The summed E-state index contributed by atoms with van der Waals surface area (Å²) in [6.07, 6.45) is 3.28. The molecule has 0 aliphatic heterocycles. The molecule has 1 amide bonds. The lowest BCUT2D eigenvalue weighted by Gasteiger charge is -2.05. The Morgan fingerprint density at radius 1 is 0.893 bits per heavy atom. The van der Waals surface area contributed by atoms with E-state index in [1.807, 2.05) is 78.9 Å². The lowest BCUT2D eigenvalue weighted by molar-refractivity contribution is -0.111. The highest BCUT2D eigenvalue weighted by molar-refractivity contribution is 9.10. The van der Waals surface area contributed by atoms with Gasteiger partial charge in [-0.15, -0.1) is 11.8 Å². The van der Waals surface area contributed by atoms with Crippen LogP contribution in [-0.4, -0.2) is 17.4 Å². The van der Waals surface area contributed by atoms with E-state index < -0.39 is 0 Å². The molecule has 140 valence electrons. The predicted octanol–water partition coefficient (Wildman–Crippen LogP) is 6.08. The van der Waals surface area contributed by atoms with Crippen LogP contribution in [-0.2, 0) is 4.79 Å². The number of hydrogen-bond acceptors (Lipinski definition) is 3. The number of carbonyl (C=O) groups excluding carboxylic acids is 2. The number of halogens is 1. The topological polar surface area (TPSA) is 46.2 Å². The standard InChI is InChI=1S/C23H18BrNO2S/c24-19-9-7-18(8-10-19)22(26)16-28-21-13-11-20(12-14-21)25-23(27)15-6-17-4-2-1-3-5-17/h1-15H,16H2,(H,25,27)/b15-6+. The number of Topliss-reactive ketones (excluding diaryl/α,β-unsaturated/α-hetero) is 1. The van der Waals surface area contributed by atoms with Gasteiger partial charge in [-0.1, -0.05) is 58.4 Å². The van der Waals surface area contributed by atoms with Gasteiger partial charge in [0, 0.05) is 26.7 Å². The Morgan fingerprint density at radius 3 is 2.25 bits per heavy atom. The molecule has 28 heavy (non-hydrogen) atoms. The quantitative estimate of drug-likeness (QED) is 0.269. The minimum atomic E-state index is -0.185. The first-order chi connectivity index (χ1) is 13.6. The van der Waals surface area contributed by atoms with Crippen molar-refractivity contribution in [1.82, 2.24) is 0 Å². The summed E-state index contributed by atoms with van der Waals surface area (Å²) in [5.41, 5.74) is 2.39. The van der Waals surface area contributed by atoms with Gasteiger partial charge < -0.3 is 5.32 Å². The highest BCUT2D eigenvalue weighted by Gasteiger charge is 2.07. The molecular formula is C23H18BrNO2S. The van der Waals surface area contributed by atoms with E-state index in [9.17, 15) is 9.59 Å². The number of carbonyl (C=O) groups is 2. The monoisotopic (exact) mass is 451 g/mol. The van der Waals surface area contributed by atoms with E-state index in [4.69, 9.17) is 0 Å². The third kappa shape index (κ3) is 6.22. The third-order valence-electron chi connectivity index (χ3n) is 3.88. The molecule has 3 aromatic rings. The average molecular weight is 452 g/mol. The third-order valence-corrected chi connectivity index (χ3v) is 5.43. The first-order valence-electron chi connectivity index (χ1n) is 8.66. The zero-order chi connectivity index (χ0) is 19.8. The van der Waals surface area contributed by atoms with Crippen molar-refractivity contribution in [2.45, 2.75) is 4.90 Å². The van der Waals surface area contributed by atoms with Crippen LogP contribution in [0, 0.1) is 0 Å². The number of benzene rings is 3. The number of ketones is 1. The molecule has 0 saturated heterocycles. The van der Waals surface area contributed by atoms with Crippen molar-refractivity contribution in [3.8, 4) is 0 Å². The van der Waals surface area contributed by atoms with Gasteiger partial charge >= 0.3 is 0 Å². The van der Waals surface area contributed by atoms with E-state index in [0.717, 1.165) is 14.9 Å². The molecule has 3 aromatic carbocycles. The smallest absolute Gasteiger partial charge is 0.248 e. The number of thioether (sulfide) groups is 1. The van der Waals surface area contributed by atoms with Gasteiger partial charge in [-0.3, -0.25) is 9.59 Å². The molecule has 1 N–H and O–H groups in total. The summed E-state index contributed by atoms with van der Waals surface area (Å²) in [4.78, 5) is 25.2. The Bertz CT molecular complexity index is 968. The molecular weight excluding hydrogens is 434 g/mol. The summed E-state index contributed by atoms with van der Waals surface area (Å²) in [5, 5.41) is 2.83. The summed E-state index contributed by atoms with van der Waals surface area (Å²) in [7, 11) is 0. The molecule has 3 rings (SSSR count). The molecule has 0 fully saturated rings. The second-order valence-corrected chi connectivity index (χ2v) is 7.94. The molecule has 3 nitrogen and oxygen atoms in total. The van der Waals surface area contributed by atoms with Crippen LogP contribution in [0.15, 0.2) is 94.3 Å². The molecule has 0 saturated carbocycles. The Kier molecular flexibility index (Phi) is 7.23. The minimum absolute atomic E-state index is 0.0842. The van der Waals surface area contributed by atoms with Crippen LogP contribution < -0.4 is 5.32 Å². The molecule has 5 heteroatoms. The van der Waals surface area contributed by atoms with E-state index in [0.29, 0.717) is 17.0 Å². The Labute approximate surface area is 177 Å². The number of nitrogens with one attached hydrogen (secondary N) is 1. The second kappa shape index (κ2) is 10.1. The lowest BCUT2D eigenvalue weighted by atomic mass is 10.2. The number of amides is 1. The van der Waals surface area contributed by atoms with Gasteiger partial charge in [0.05, 0.1) is 5.75 Å². The highest BCUT2D eigenvalue weighted by Crippen LogP contribution is 2.22. The molecule has 0 atom stereocenters. The molecule has 0 aliphatic carbocycles. The zero-order valence-corrected chi connectivity index (χ0v) is 17.4. The molecule has 0 aliphatic rings. The van der Waals surface area contributed by atoms with Crippen LogP contribution in [0.4, 0.5) is 5.69 Å². The van der Waals surface area contributed by atoms with Crippen LogP contribution in [0.25, 0.3) is 6.08 Å². The van der Waals surface area contributed by atoms with Gasteiger partial charge in [-0.25, -0.2) is 0 Å². The Balaban J connectivity index is 1.50. The van der Waals surface area contributed by atoms with Crippen molar-refractivity contribution < 1.29 is 9.59 Å². The largest absolute Gasteiger partial charge is 0.323 e. The van der Waals surface area contributed by atoms with Gasteiger partial charge in [-0.2, -0.15) is 0 Å². The van der Waals surface area contributed by atoms with Gasteiger partial charge in [0.25, 0.3) is 0 Å². The van der Waals surface area contributed by atoms with E-state index >= 15 is 0 Å². The van der Waals surface area contributed by atoms with Gasteiger partial charge in [0.1, 0.15) is 0 Å². The first kappa shape index (κ1) is 20.1. The summed E-state index contributed by atoms with van der Waals surface area (Å²) < 4.78 is 0.952. The summed E-state index contributed by atoms with van der Waals surface area (Å²) in [6.45, 7) is 0. The predicted molar refractivity (Wildman–Crippen MR) is 120 cm³/mol. The van der Waals surface area contributed by atoms with Crippen molar-refractivity contribution in [3.63, 3.8) is 0 Å². The molecule has 0 bridgehead atoms. The summed E-state index contributed by atoms with van der Waals surface area (Å²) >= 11 is 4.84. The normalized spacial score (nSPS) is 10.8. The number of rotatable bonds is 7. The van der Waals surface area contributed by atoms with Gasteiger partial charge in [-0.05, 0) is 48.0 Å². The lowest BCUT2D eigenvalue weighted by Crippen LogP contribution is -2.07. The summed E-state index contributed by atoms with van der Waals surface area (Å²) in [5.74, 6) is 0.267. The van der Waals surface area contributed by atoms with Crippen molar-refractivity contribution >= 4 is 51.1 Å². The van der Waals surface area contributed by atoms with Crippen molar-refractivity contribution in [2.24, 2.45) is 0 Å². The average Bonchev–Trinajstić information content (AvgIpc) is 2.73. The number of hydrogen-bond donors (Lipinski definition) is 1.